The zero-order valence-electron chi connectivity index (χ0n) is 10.4. The van der Waals surface area contributed by atoms with Crippen LogP contribution in [-0.2, 0) is 0 Å². The van der Waals surface area contributed by atoms with Crippen molar-refractivity contribution in [1.82, 2.24) is 10.2 Å². The van der Waals surface area contributed by atoms with Crippen molar-refractivity contribution in [1.29, 1.82) is 0 Å². The van der Waals surface area contributed by atoms with Crippen molar-refractivity contribution in [3.63, 3.8) is 0 Å². The number of aromatic nitrogens is 2. The zero-order chi connectivity index (χ0) is 13.4. The van der Waals surface area contributed by atoms with Gasteiger partial charge in [-0.3, -0.25) is 5.10 Å². The van der Waals surface area contributed by atoms with Crippen LogP contribution in [0.5, 0.6) is 0 Å². The summed E-state index contributed by atoms with van der Waals surface area (Å²) < 4.78 is 13.8. The van der Waals surface area contributed by atoms with Gasteiger partial charge in [0.05, 0.1) is 11.2 Å². The first-order valence-electron chi connectivity index (χ1n) is 5.90. The van der Waals surface area contributed by atoms with Gasteiger partial charge in [-0.25, -0.2) is 4.39 Å². The van der Waals surface area contributed by atoms with Crippen LogP contribution in [-0.4, -0.2) is 10.2 Å². The zero-order valence-corrected chi connectivity index (χ0v) is 10.4. The van der Waals surface area contributed by atoms with Crippen LogP contribution < -0.4 is 11.1 Å². The van der Waals surface area contributed by atoms with E-state index in [-0.39, 0.29) is 5.82 Å². The standard InChI is InChI=1S/C14H13FN4/c1-8-2-5-12(11(15)6-8)17-9-3-4-10-13(7-9)18-19-14(10)16/h2-7,17H,1H3,(H3,16,18,19). The molecule has 0 aliphatic heterocycles. The van der Waals surface area contributed by atoms with Gasteiger partial charge in [0.25, 0.3) is 0 Å². The van der Waals surface area contributed by atoms with E-state index >= 15 is 0 Å². The highest BCUT2D eigenvalue weighted by molar-refractivity contribution is 5.91. The molecule has 0 spiro atoms. The van der Waals surface area contributed by atoms with Crippen LogP contribution in [0.25, 0.3) is 10.9 Å². The van der Waals surface area contributed by atoms with E-state index in [9.17, 15) is 4.39 Å². The molecule has 4 N–H and O–H groups in total. The highest BCUT2D eigenvalue weighted by Crippen LogP contribution is 2.25. The van der Waals surface area contributed by atoms with Crippen LogP contribution in [0.15, 0.2) is 36.4 Å². The maximum absolute atomic E-state index is 13.8. The van der Waals surface area contributed by atoms with Gasteiger partial charge in [-0.15, -0.1) is 0 Å². The maximum Gasteiger partial charge on any atom is 0.153 e. The summed E-state index contributed by atoms with van der Waals surface area (Å²) in [5.74, 6) is 0.187. The van der Waals surface area contributed by atoms with Gasteiger partial charge in [-0.1, -0.05) is 6.07 Å². The molecule has 96 valence electrons. The second-order valence-electron chi connectivity index (χ2n) is 4.48. The summed E-state index contributed by atoms with van der Waals surface area (Å²) in [6.45, 7) is 1.85. The molecule has 0 bridgehead atoms. The lowest BCUT2D eigenvalue weighted by molar-refractivity contribution is 0.631. The Balaban J connectivity index is 1.96. The number of benzene rings is 2. The Morgan fingerprint density at radius 2 is 2.05 bits per heavy atom. The van der Waals surface area contributed by atoms with Gasteiger partial charge >= 0.3 is 0 Å². The number of rotatable bonds is 2. The molecule has 19 heavy (non-hydrogen) atoms. The Kier molecular flexibility index (Phi) is 2.59. The van der Waals surface area contributed by atoms with E-state index in [1.807, 2.05) is 31.2 Å². The molecule has 1 aromatic heterocycles. The number of aryl methyl sites for hydroxylation is 1. The predicted molar refractivity (Wildman–Crippen MR) is 74.9 cm³/mol. The lowest BCUT2D eigenvalue weighted by Gasteiger charge is -2.08. The second kappa shape index (κ2) is 4.28. The molecule has 0 atom stereocenters. The molecule has 0 aliphatic rings. The number of fused-ring (bicyclic) bond motifs is 1. The topological polar surface area (TPSA) is 66.7 Å². The number of H-pyrrole nitrogens is 1. The SMILES string of the molecule is Cc1ccc(Nc2ccc3c(N)n[nH]c3c2)c(F)c1. The Bertz CT molecular complexity index is 748. The van der Waals surface area contributed by atoms with Crippen molar-refractivity contribution >= 4 is 28.1 Å². The normalized spacial score (nSPS) is 10.8. The minimum Gasteiger partial charge on any atom is -0.382 e. The van der Waals surface area contributed by atoms with E-state index < -0.39 is 0 Å². The number of nitrogen functional groups attached to an aromatic ring is 1. The summed E-state index contributed by atoms with van der Waals surface area (Å²) >= 11 is 0. The van der Waals surface area contributed by atoms with Crippen molar-refractivity contribution in [2.75, 3.05) is 11.1 Å². The average molecular weight is 256 g/mol. The van der Waals surface area contributed by atoms with Gasteiger partial charge in [-0.05, 0) is 42.8 Å². The number of hydrogen-bond acceptors (Lipinski definition) is 3. The number of nitrogens with zero attached hydrogens (tertiary/aromatic N) is 1. The van der Waals surface area contributed by atoms with Gasteiger partial charge in [0.1, 0.15) is 5.82 Å². The molecular formula is C14H13FN4. The minimum absolute atomic E-state index is 0.274. The van der Waals surface area contributed by atoms with E-state index in [4.69, 9.17) is 5.73 Å². The number of hydrogen-bond donors (Lipinski definition) is 3. The maximum atomic E-state index is 13.8. The summed E-state index contributed by atoms with van der Waals surface area (Å²) in [6.07, 6.45) is 0. The van der Waals surface area contributed by atoms with Crippen molar-refractivity contribution in [3.05, 3.63) is 47.8 Å². The van der Waals surface area contributed by atoms with Crippen molar-refractivity contribution in [2.45, 2.75) is 6.92 Å². The fraction of sp³-hybridized carbons (Fsp3) is 0.0714. The van der Waals surface area contributed by atoms with Crippen LogP contribution in [0.1, 0.15) is 5.56 Å². The number of halogens is 1. The molecular weight excluding hydrogens is 243 g/mol. The van der Waals surface area contributed by atoms with Crippen molar-refractivity contribution in [3.8, 4) is 0 Å². The lowest BCUT2D eigenvalue weighted by atomic mass is 10.2. The Morgan fingerprint density at radius 3 is 2.84 bits per heavy atom. The molecule has 0 amide bonds. The van der Waals surface area contributed by atoms with Crippen LogP contribution in [0.2, 0.25) is 0 Å². The van der Waals surface area contributed by atoms with Crippen LogP contribution in [0.3, 0.4) is 0 Å². The fourth-order valence-corrected chi connectivity index (χ4v) is 2.00. The summed E-state index contributed by atoms with van der Waals surface area (Å²) in [4.78, 5) is 0. The lowest BCUT2D eigenvalue weighted by Crippen LogP contribution is -1.94. The third-order valence-corrected chi connectivity index (χ3v) is 3.00. The van der Waals surface area contributed by atoms with Crippen LogP contribution in [0.4, 0.5) is 21.6 Å². The minimum atomic E-state index is -0.274. The first-order valence-corrected chi connectivity index (χ1v) is 5.90. The largest absolute Gasteiger partial charge is 0.382 e. The molecule has 1 heterocycles. The van der Waals surface area contributed by atoms with Crippen molar-refractivity contribution in [2.24, 2.45) is 0 Å². The Labute approximate surface area is 109 Å². The summed E-state index contributed by atoms with van der Waals surface area (Å²) in [5.41, 5.74) is 8.62. The van der Waals surface area contributed by atoms with E-state index in [2.05, 4.69) is 15.5 Å². The summed E-state index contributed by atoms with van der Waals surface area (Å²) in [7, 11) is 0. The fourth-order valence-electron chi connectivity index (χ4n) is 2.00. The molecule has 0 saturated carbocycles. The third kappa shape index (κ3) is 2.10. The molecule has 2 aromatic carbocycles. The molecule has 3 aromatic rings. The molecule has 3 rings (SSSR count). The number of aromatic amines is 1. The Morgan fingerprint density at radius 1 is 1.21 bits per heavy atom. The van der Waals surface area contributed by atoms with Gasteiger partial charge in [0.15, 0.2) is 5.82 Å². The highest BCUT2D eigenvalue weighted by Gasteiger charge is 2.05. The smallest absolute Gasteiger partial charge is 0.153 e. The molecule has 5 heteroatoms. The monoisotopic (exact) mass is 256 g/mol. The number of nitrogens with two attached hydrogens (primary N) is 1. The first kappa shape index (κ1) is 11.5. The molecule has 0 fully saturated rings. The first-order chi connectivity index (χ1) is 9.13. The van der Waals surface area contributed by atoms with Crippen molar-refractivity contribution < 1.29 is 4.39 Å². The van der Waals surface area contributed by atoms with Gasteiger partial charge in [0.2, 0.25) is 0 Å². The molecule has 4 nitrogen and oxygen atoms in total. The predicted octanol–water partition coefficient (Wildman–Crippen LogP) is 3.34. The second-order valence-corrected chi connectivity index (χ2v) is 4.48. The third-order valence-electron chi connectivity index (χ3n) is 3.00. The Hall–Kier alpha value is -2.56. The highest BCUT2D eigenvalue weighted by atomic mass is 19.1. The van der Waals surface area contributed by atoms with E-state index in [1.54, 1.807) is 6.07 Å². The van der Waals surface area contributed by atoms with E-state index in [0.29, 0.717) is 11.5 Å². The average Bonchev–Trinajstić information content (AvgIpc) is 2.74. The van der Waals surface area contributed by atoms with Gasteiger partial charge in [-0.2, -0.15) is 5.10 Å². The molecule has 0 radical (unpaired) electrons. The van der Waals surface area contributed by atoms with E-state index in [0.717, 1.165) is 22.2 Å². The number of nitrogens with one attached hydrogen (secondary N) is 2. The quantitative estimate of drug-likeness (QED) is 0.658. The molecule has 0 unspecified atom stereocenters. The summed E-state index contributed by atoms with van der Waals surface area (Å²) in [6, 6.07) is 10.6. The van der Waals surface area contributed by atoms with E-state index in [1.165, 1.54) is 6.07 Å². The van der Waals surface area contributed by atoms with Crippen LogP contribution >= 0.6 is 0 Å². The van der Waals surface area contributed by atoms with Crippen LogP contribution in [0, 0.1) is 12.7 Å². The molecule has 0 saturated heterocycles. The number of anilines is 3. The summed E-state index contributed by atoms with van der Waals surface area (Å²) in [5, 5.41) is 10.6. The molecule has 0 aliphatic carbocycles. The van der Waals surface area contributed by atoms with Gasteiger partial charge in [0, 0.05) is 11.1 Å². The van der Waals surface area contributed by atoms with Gasteiger partial charge < -0.3 is 11.1 Å².